The van der Waals surface area contributed by atoms with Gasteiger partial charge in [-0.3, -0.25) is 4.79 Å². The topological polar surface area (TPSA) is 49.3 Å². The van der Waals surface area contributed by atoms with Gasteiger partial charge < -0.3 is 10.4 Å². The summed E-state index contributed by atoms with van der Waals surface area (Å²) in [5, 5.41) is 12.4. The third-order valence-electron chi connectivity index (χ3n) is 1.56. The Labute approximate surface area is 71.0 Å². The molecular formula is C9H11NO2. The molecule has 0 fully saturated rings. The number of anilines is 1. The molecule has 0 aliphatic carbocycles. The molecule has 0 saturated carbocycles. The maximum atomic E-state index is 10.4. The fourth-order valence-electron chi connectivity index (χ4n) is 0.990. The van der Waals surface area contributed by atoms with Gasteiger partial charge in [0, 0.05) is 6.54 Å². The molecule has 12 heavy (non-hydrogen) atoms. The van der Waals surface area contributed by atoms with Gasteiger partial charge in [0.1, 0.15) is 5.75 Å². The highest BCUT2D eigenvalue weighted by Crippen LogP contribution is 2.25. The number of carbonyl (C=O) groups is 1. The molecule has 0 amide bonds. The first-order valence-corrected chi connectivity index (χ1v) is 3.80. The molecule has 64 valence electrons. The minimum absolute atomic E-state index is 0.0225. The summed E-state index contributed by atoms with van der Waals surface area (Å²) in [6.07, 6.45) is 0.635. The van der Waals surface area contributed by atoms with E-state index in [0.29, 0.717) is 17.5 Å². The summed E-state index contributed by atoms with van der Waals surface area (Å²) in [6.45, 7) is 2.64. The quantitative estimate of drug-likeness (QED) is 0.528. The van der Waals surface area contributed by atoms with Crippen molar-refractivity contribution < 1.29 is 9.90 Å². The van der Waals surface area contributed by atoms with Crippen LogP contribution in [0.15, 0.2) is 18.2 Å². The highest BCUT2D eigenvalue weighted by Gasteiger charge is 2.03. The number of rotatable bonds is 3. The highest BCUT2D eigenvalue weighted by molar-refractivity contribution is 5.83. The second kappa shape index (κ2) is 3.76. The molecule has 1 aromatic carbocycles. The number of phenols is 1. The summed E-state index contributed by atoms with van der Waals surface area (Å²) in [7, 11) is 0. The first kappa shape index (κ1) is 8.59. The van der Waals surface area contributed by atoms with E-state index < -0.39 is 0 Å². The molecule has 0 radical (unpaired) electrons. The fraction of sp³-hybridized carbons (Fsp3) is 0.222. The van der Waals surface area contributed by atoms with Crippen LogP contribution in [0.5, 0.6) is 5.75 Å². The predicted molar refractivity (Wildman–Crippen MR) is 47.7 cm³/mol. The molecule has 0 aliphatic rings. The van der Waals surface area contributed by atoms with Crippen LogP contribution in [0.3, 0.4) is 0 Å². The maximum Gasteiger partial charge on any atom is 0.153 e. The van der Waals surface area contributed by atoms with Gasteiger partial charge >= 0.3 is 0 Å². The number of hydrogen-bond acceptors (Lipinski definition) is 3. The van der Waals surface area contributed by atoms with Crippen LogP contribution in [0.1, 0.15) is 17.3 Å². The van der Waals surface area contributed by atoms with E-state index >= 15 is 0 Å². The summed E-state index contributed by atoms with van der Waals surface area (Å²) < 4.78 is 0. The molecule has 1 aromatic rings. The lowest BCUT2D eigenvalue weighted by Gasteiger charge is -2.06. The summed E-state index contributed by atoms with van der Waals surface area (Å²) in [5.74, 6) is 0.0225. The van der Waals surface area contributed by atoms with Gasteiger partial charge in [-0.15, -0.1) is 0 Å². The Kier molecular flexibility index (Phi) is 2.69. The van der Waals surface area contributed by atoms with Gasteiger partial charge in [0.25, 0.3) is 0 Å². The van der Waals surface area contributed by atoms with E-state index in [-0.39, 0.29) is 5.75 Å². The van der Waals surface area contributed by atoms with Crippen molar-refractivity contribution >= 4 is 12.0 Å². The van der Waals surface area contributed by atoms with Crippen molar-refractivity contribution in [2.45, 2.75) is 6.92 Å². The summed E-state index contributed by atoms with van der Waals surface area (Å²) >= 11 is 0. The van der Waals surface area contributed by atoms with Gasteiger partial charge in [-0.05, 0) is 19.1 Å². The third-order valence-corrected chi connectivity index (χ3v) is 1.56. The Morgan fingerprint density at radius 3 is 2.92 bits per heavy atom. The zero-order chi connectivity index (χ0) is 8.97. The molecule has 2 N–H and O–H groups in total. The van der Waals surface area contributed by atoms with E-state index in [9.17, 15) is 9.90 Å². The van der Waals surface area contributed by atoms with E-state index in [1.54, 1.807) is 18.2 Å². The van der Waals surface area contributed by atoms with Gasteiger partial charge in [-0.2, -0.15) is 0 Å². The van der Waals surface area contributed by atoms with Crippen LogP contribution >= 0.6 is 0 Å². The standard InChI is InChI=1S/C9H11NO2/c1-2-10-8-5-3-4-7(6-11)9(8)12/h3-6,10,12H,2H2,1H3. The van der Waals surface area contributed by atoms with Crippen LogP contribution in [0.4, 0.5) is 5.69 Å². The summed E-state index contributed by atoms with van der Waals surface area (Å²) in [4.78, 5) is 10.4. The molecule has 1 rings (SSSR count). The summed E-state index contributed by atoms with van der Waals surface area (Å²) in [5.41, 5.74) is 0.913. The first-order chi connectivity index (χ1) is 5.79. The minimum atomic E-state index is 0.0225. The van der Waals surface area contributed by atoms with Crippen LogP contribution in [0.25, 0.3) is 0 Å². The van der Waals surface area contributed by atoms with Crippen molar-refractivity contribution in [3.8, 4) is 5.75 Å². The molecule has 0 bridgehead atoms. The number of nitrogens with one attached hydrogen (secondary N) is 1. The number of aromatic hydroxyl groups is 1. The van der Waals surface area contributed by atoms with Crippen LogP contribution in [-0.4, -0.2) is 17.9 Å². The second-order valence-electron chi connectivity index (χ2n) is 2.39. The molecule has 0 aromatic heterocycles. The second-order valence-corrected chi connectivity index (χ2v) is 2.39. The Hall–Kier alpha value is -1.51. The number of carbonyl (C=O) groups excluding carboxylic acids is 1. The fourth-order valence-corrected chi connectivity index (χ4v) is 0.990. The van der Waals surface area contributed by atoms with E-state index in [0.717, 1.165) is 6.54 Å². The van der Waals surface area contributed by atoms with Crippen molar-refractivity contribution in [3.05, 3.63) is 23.8 Å². The average Bonchev–Trinajstić information content (AvgIpc) is 2.09. The van der Waals surface area contributed by atoms with E-state index in [1.165, 1.54) is 0 Å². The van der Waals surface area contributed by atoms with Crippen LogP contribution in [0.2, 0.25) is 0 Å². The molecule has 0 atom stereocenters. The van der Waals surface area contributed by atoms with Crippen molar-refractivity contribution in [1.29, 1.82) is 0 Å². The zero-order valence-corrected chi connectivity index (χ0v) is 6.87. The average molecular weight is 165 g/mol. The lowest BCUT2D eigenvalue weighted by molar-refractivity contribution is 0.112. The smallest absolute Gasteiger partial charge is 0.153 e. The molecule has 0 saturated heterocycles. The number of phenolic OH excluding ortho intramolecular Hbond substituents is 1. The maximum absolute atomic E-state index is 10.4. The molecule has 3 nitrogen and oxygen atoms in total. The normalized spacial score (nSPS) is 9.42. The first-order valence-electron chi connectivity index (χ1n) is 3.80. The molecule has 0 aliphatic heterocycles. The van der Waals surface area contributed by atoms with Crippen LogP contribution < -0.4 is 5.32 Å². The van der Waals surface area contributed by atoms with Crippen molar-refractivity contribution in [3.63, 3.8) is 0 Å². The third kappa shape index (κ3) is 1.56. The molecule has 0 spiro atoms. The lowest BCUT2D eigenvalue weighted by Crippen LogP contribution is -1.97. The number of aldehydes is 1. The van der Waals surface area contributed by atoms with Gasteiger partial charge in [0.05, 0.1) is 11.3 Å². The van der Waals surface area contributed by atoms with Crippen molar-refractivity contribution in [1.82, 2.24) is 0 Å². The lowest BCUT2D eigenvalue weighted by atomic mass is 10.2. The Bertz CT molecular complexity index is 284. The van der Waals surface area contributed by atoms with Gasteiger partial charge in [0.15, 0.2) is 6.29 Å². The monoisotopic (exact) mass is 165 g/mol. The molecule has 3 heteroatoms. The van der Waals surface area contributed by atoms with Crippen molar-refractivity contribution in [2.24, 2.45) is 0 Å². The highest BCUT2D eigenvalue weighted by atomic mass is 16.3. The van der Waals surface area contributed by atoms with E-state index in [1.807, 2.05) is 6.92 Å². The number of hydrogen-bond donors (Lipinski definition) is 2. The van der Waals surface area contributed by atoms with Crippen LogP contribution in [0, 0.1) is 0 Å². The largest absolute Gasteiger partial charge is 0.505 e. The minimum Gasteiger partial charge on any atom is -0.505 e. The molecule has 0 unspecified atom stereocenters. The van der Waals surface area contributed by atoms with Gasteiger partial charge in [-0.25, -0.2) is 0 Å². The zero-order valence-electron chi connectivity index (χ0n) is 6.87. The van der Waals surface area contributed by atoms with E-state index in [2.05, 4.69) is 5.32 Å². The molecule has 0 heterocycles. The van der Waals surface area contributed by atoms with Crippen LogP contribution in [-0.2, 0) is 0 Å². The molecular weight excluding hydrogens is 154 g/mol. The van der Waals surface area contributed by atoms with Gasteiger partial charge in [-0.1, -0.05) is 6.07 Å². The Balaban J connectivity index is 3.04. The van der Waals surface area contributed by atoms with Gasteiger partial charge in [0.2, 0.25) is 0 Å². The summed E-state index contributed by atoms with van der Waals surface area (Å²) in [6, 6.07) is 5.02. The predicted octanol–water partition coefficient (Wildman–Crippen LogP) is 1.64. The van der Waals surface area contributed by atoms with E-state index in [4.69, 9.17) is 0 Å². The van der Waals surface area contributed by atoms with Crippen molar-refractivity contribution in [2.75, 3.05) is 11.9 Å². The SMILES string of the molecule is CCNc1cccc(C=O)c1O. The Morgan fingerprint density at radius 2 is 2.33 bits per heavy atom. The Morgan fingerprint density at radius 1 is 1.58 bits per heavy atom. The number of para-hydroxylation sites is 1. The number of benzene rings is 1.